The molecule has 6 rings (SSSR count). The highest BCUT2D eigenvalue weighted by atomic mass is 35.5. The van der Waals surface area contributed by atoms with Crippen LogP contribution in [0.25, 0.3) is 0 Å². The summed E-state index contributed by atoms with van der Waals surface area (Å²) in [7, 11) is 1.48. The number of halogens is 1. The van der Waals surface area contributed by atoms with Crippen LogP contribution in [0.3, 0.4) is 0 Å². The average molecular weight is 268 g/mol. The number of methoxy groups -OCH3 is 1. The molecule has 6 saturated carbocycles. The maximum atomic E-state index is 12.2. The summed E-state index contributed by atoms with van der Waals surface area (Å²) in [6.45, 7) is 0.552. The molecule has 18 heavy (non-hydrogen) atoms. The van der Waals surface area contributed by atoms with E-state index in [-0.39, 0.29) is 22.7 Å². The maximum Gasteiger partial charge on any atom is 0.312 e. The molecule has 1 amide bonds. The summed E-state index contributed by atoms with van der Waals surface area (Å²) in [5.41, 5.74) is -0.217. The average Bonchev–Trinajstić information content (AvgIpc) is 2.43. The van der Waals surface area contributed by atoms with Gasteiger partial charge in [-0.15, -0.1) is 11.6 Å². The molecular formula is C13H14ClNO3. The van der Waals surface area contributed by atoms with E-state index in [1.54, 1.807) is 0 Å². The van der Waals surface area contributed by atoms with E-state index in [1.807, 2.05) is 0 Å². The molecule has 6 aliphatic carbocycles. The van der Waals surface area contributed by atoms with E-state index in [4.69, 9.17) is 16.3 Å². The monoisotopic (exact) mass is 267 g/mol. The van der Waals surface area contributed by atoms with Crippen LogP contribution in [0.1, 0.15) is 0 Å². The van der Waals surface area contributed by atoms with Crippen molar-refractivity contribution >= 4 is 23.5 Å². The summed E-state index contributed by atoms with van der Waals surface area (Å²) in [5, 5.41) is 2.94. The Morgan fingerprint density at radius 3 is 2.06 bits per heavy atom. The second-order valence-electron chi connectivity index (χ2n) is 6.46. The molecule has 0 heterocycles. The molecule has 0 atom stereocenters. The van der Waals surface area contributed by atoms with Gasteiger partial charge < -0.3 is 10.1 Å². The van der Waals surface area contributed by atoms with Crippen molar-refractivity contribution < 1.29 is 14.3 Å². The van der Waals surface area contributed by atoms with Crippen molar-refractivity contribution in [3.05, 3.63) is 0 Å². The van der Waals surface area contributed by atoms with E-state index in [2.05, 4.69) is 5.32 Å². The molecule has 0 unspecified atom stereocenters. The molecule has 0 aliphatic heterocycles. The molecule has 0 spiro atoms. The lowest BCUT2D eigenvalue weighted by molar-refractivity contribution is -0.626. The Hall–Kier alpha value is -0.770. The maximum absolute atomic E-state index is 12.2. The summed E-state index contributed by atoms with van der Waals surface area (Å²) in [4.78, 5) is 24.1. The van der Waals surface area contributed by atoms with Crippen molar-refractivity contribution in [2.45, 2.75) is 0 Å². The zero-order chi connectivity index (χ0) is 12.4. The summed E-state index contributed by atoms with van der Waals surface area (Å²) in [6.07, 6.45) is 0. The zero-order valence-electron chi connectivity index (χ0n) is 9.98. The van der Waals surface area contributed by atoms with Gasteiger partial charge in [0, 0.05) is 12.4 Å². The highest BCUT2D eigenvalue weighted by molar-refractivity contribution is 6.18. The van der Waals surface area contributed by atoms with Crippen LogP contribution in [-0.4, -0.2) is 31.4 Å². The lowest BCUT2D eigenvalue weighted by Crippen LogP contribution is -3.12. The molecule has 0 radical (unpaired) electrons. The van der Waals surface area contributed by atoms with Gasteiger partial charge in [0.1, 0.15) is 0 Å². The van der Waals surface area contributed by atoms with Gasteiger partial charge >= 0.3 is 5.97 Å². The van der Waals surface area contributed by atoms with Crippen LogP contribution in [0.2, 0.25) is 0 Å². The molecule has 0 bridgehead atoms. The summed E-state index contributed by atoms with van der Waals surface area (Å²) < 4.78 is 4.96. The van der Waals surface area contributed by atoms with Gasteiger partial charge in [-0.3, -0.25) is 9.59 Å². The minimum absolute atomic E-state index is 0.0132. The summed E-state index contributed by atoms with van der Waals surface area (Å²) >= 11 is 5.61. The third-order valence-electron chi connectivity index (χ3n) is 6.94. The van der Waals surface area contributed by atoms with Crippen LogP contribution in [0.5, 0.6) is 0 Å². The molecule has 96 valence electrons. The normalized spacial score (nSPS) is 62.1. The largest absolute Gasteiger partial charge is 0.469 e. The van der Waals surface area contributed by atoms with Gasteiger partial charge in [0.15, 0.2) is 0 Å². The molecule has 0 aromatic rings. The zero-order valence-corrected chi connectivity index (χ0v) is 10.7. The Bertz CT molecular complexity index is 463. The molecule has 1 N–H and O–H groups in total. The van der Waals surface area contributed by atoms with E-state index in [9.17, 15) is 9.59 Å². The SMILES string of the molecule is COC(=O)C12C3C4C1C1C2C3C41C(=O)NCCCl. The van der Waals surface area contributed by atoms with Gasteiger partial charge in [-0.25, -0.2) is 0 Å². The number of carbonyl (C=O) groups is 2. The molecule has 0 aromatic heterocycles. The van der Waals surface area contributed by atoms with E-state index >= 15 is 0 Å². The van der Waals surface area contributed by atoms with Crippen LogP contribution in [-0.2, 0) is 14.3 Å². The second-order valence-corrected chi connectivity index (χ2v) is 6.84. The summed E-state index contributed by atoms with van der Waals surface area (Å²) in [5.74, 6) is 3.48. The number of ether oxygens (including phenoxy) is 1. The van der Waals surface area contributed by atoms with E-state index in [0.717, 1.165) is 0 Å². The third kappa shape index (κ3) is 0.517. The number of esters is 1. The van der Waals surface area contributed by atoms with E-state index in [0.29, 0.717) is 47.9 Å². The molecule has 6 fully saturated rings. The Morgan fingerprint density at radius 1 is 1.11 bits per heavy atom. The lowest BCUT2D eigenvalue weighted by atomic mass is 8.92. The van der Waals surface area contributed by atoms with Crippen LogP contribution < -0.4 is 5.32 Å². The molecule has 0 saturated heterocycles. The summed E-state index contributed by atoms with van der Waals surface area (Å²) in [6, 6.07) is 0. The molecule has 5 heteroatoms. The number of rotatable bonds is 4. The smallest absolute Gasteiger partial charge is 0.312 e. The lowest BCUT2D eigenvalue weighted by Gasteiger charge is -3.09. The van der Waals surface area contributed by atoms with Crippen LogP contribution in [0.15, 0.2) is 0 Å². The first-order valence-corrected chi connectivity index (χ1v) is 7.16. The highest BCUT2D eigenvalue weighted by Crippen LogP contribution is 3.10. The van der Waals surface area contributed by atoms with Crippen molar-refractivity contribution in [1.29, 1.82) is 0 Å². The van der Waals surface area contributed by atoms with Crippen molar-refractivity contribution in [3.63, 3.8) is 0 Å². The fraction of sp³-hybridized carbons (Fsp3) is 0.846. The number of nitrogens with one attached hydrogen (secondary N) is 1. The Morgan fingerprint density at radius 2 is 1.61 bits per heavy atom. The first-order chi connectivity index (χ1) is 8.69. The molecule has 0 aromatic carbocycles. The minimum atomic E-state index is -0.136. The second kappa shape index (κ2) is 2.45. The van der Waals surface area contributed by atoms with Gasteiger partial charge in [-0.05, 0) is 35.5 Å². The Labute approximate surface area is 109 Å². The predicted octanol–water partition coefficient (Wildman–Crippen LogP) is 0.252. The van der Waals surface area contributed by atoms with Crippen molar-refractivity contribution in [2.24, 2.45) is 46.3 Å². The Kier molecular flexibility index (Phi) is 1.37. The van der Waals surface area contributed by atoms with Gasteiger partial charge in [-0.1, -0.05) is 0 Å². The number of hydrogen-bond acceptors (Lipinski definition) is 3. The molecule has 6 aliphatic rings. The van der Waals surface area contributed by atoms with Crippen LogP contribution in [0, 0.1) is 46.3 Å². The van der Waals surface area contributed by atoms with Gasteiger partial charge in [-0.2, -0.15) is 0 Å². The van der Waals surface area contributed by atoms with Gasteiger partial charge in [0.05, 0.1) is 17.9 Å². The minimum Gasteiger partial charge on any atom is -0.469 e. The topological polar surface area (TPSA) is 55.4 Å². The van der Waals surface area contributed by atoms with Gasteiger partial charge in [0.25, 0.3) is 0 Å². The van der Waals surface area contributed by atoms with Crippen molar-refractivity contribution in [1.82, 2.24) is 5.32 Å². The number of alkyl halides is 1. The van der Waals surface area contributed by atoms with E-state index < -0.39 is 0 Å². The third-order valence-corrected chi connectivity index (χ3v) is 7.13. The Balaban J connectivity index is 1.41. The number of amides is 1. The van der Waals surface area contributed by atoms with Crippen molar-refractivity contribution in [2.75, 3.05) is 19.5 Å². The van der Waals surface area contributed by atoms with Crippen molar-refractivity contribution in [3.8, 4) is 0 Å². The predicted molar refractivity (Wildman–Crippen MR) is 61.6 cm³/mol. The highest BCUT2D eigenvalue weighted by Gasteiger charge is 3.13. The fourth-order valence-electron chi connectivity index (χ4n) is 6.88. The molecule has 4 nitrogen and oxygen atoms in total. The first kappa shape index (κ1) is 10.1. The quantitative estimate of drug-likeness (QED) is 0.587. The number of hydrogen-bond donors (Lipinski definition) is 1. The van der Waals surface area contributed by atoms with Crippen LogP contribution in [0.4, 0.5) is 0 Å². The number of carbonyl (C=O) groups excluding carboxylic acids is 2. The standard InChI is InChI=1S/C13H14ClNO3/c1-18-11(17)13-7-4-8(13)6-9(13)5(7)12(4,6)10(16)15-3-2-14/h4-9H,2-3H2,1H3,(H,15,16). The van der Waals surface area contributed by atoms with Crippen LogP contribution >= 0.6 is 11.6 Å². The van der Waals surface area contributed by atoms with Gasteiger partial charge in [0.2, 0.25) is 5.91 Å². The molecular weight excluding hydrogens is 254 g/mol. The first-order valence-electron chi connectivity index (χ1n) is 6.62. The fourth-order valence-corrected chi connectivity index (χ4v) is 6.98. The van der Waals surface area contributed by atoms with E-state index in [1.165, 1.54) is 7.11 Å².